The first kappa shape index (κ1) is 12.8. The molecule has 0 aliphatic carbocycles. The van der Waals surface area contributed by atoms with E-state index in [9.17, 15) is 0 Å². The minimum atomic E-state index is 0.248. The standard InChI is InChI=1S/C15H16N2S/c1-11-9-18-10-15(11)8-17-12(2)14-5-3-4-13(6-14)7-16/h3-6,9-10,12,17H,8H2,1-2H3. The molecule has 0 spiro atoms. The molecule has 0 fully saturated rings. The van der Waals surface area contributed by atoms with Crippen molar-refractivity contribution in [1.82, 2.24) is 5.32 Å². The molecule has 3 heteroatoms. The fourth-order valence-corrected chi connectivity index (χ4v) is 2.68. The fraction of sp³-hybridized carbons (Fsp3) is 0.267. The summed E-state index contributed by atoms with van der Waals surface area (Å²) in [6, 6.07) is 10.2. The molecule has 1 aromatic heterocycles. The molecule has 0 saturated heterocycles. The third-order valence-electron chi connectivity index (χ3n) is 3.08. The van der Waals surface area contributed by atoms with Crippen LogP contribution in [0.2, 0.25) is 0 Å². The van der Waals surface area contributed by atoms with Crippen molar-refractivity contribution in [3.63, 3.8) is 0 Å². The van der Waals surface area contributed by atoms with E-state index in [-0.39, 0.29) is 6.04 Å². The third kappa shape index (κ3) is 2.98. The van der Waals surface area contributed by atoms with Gasteiger partial charge in [0.15, 0.2) is 0 Å². The van der Waals surface area contributed by atoms with Crippen molar-refractivity contribution in [2.24, 2.45) is 0 Å². The van der Waals surface area contributed by atoms with Gasteiger partial charge in [0.2, 0.25) is 0 Å². The van der Waals surface area contributed by atoms with Crippen molar-refractivity contribution >= 4 is 11.3 Å². The molecule has 92 valence electrons. The molecule has 2 nitrogen and oxygen atoms in total. The maximum absolute atomic E-state index is 8.89. The minimum Gasteiger partial charge on any atom is -0.306 e. The summed E-state index contributed by atoms with van der Waals surface area (Å²) in [7, 11) is 0. The van der Waals surface area contributed by atoms with Crippen LogP contribution in [0.1, 0.15) is 35.2 Å². The van der Waals surface area contributed by atoms with Gasteiger partial charge in [-0.2, -0.15) is 16.6 Å². The van der Waals surface area contributed by atoms with Gasteiger partial charge < -0.3 is 5.32 Å². The van der Waals surface area contributed by atoms with Gasteiger partial charge in [0.1, 0.15) is 0 Å². The topological polar surface area (TPSA) is 35.8 Å². The summed E-state index contributed by atoms with van der Waals surface area (Å²) in [5.41, 5.74) is 4.56. The molecule has 18 heavy (non-hydrogen) atoms. The lowest BCUT2D eigenvalue weighted by Crippen LogP contribution is -2.18. The highest BCUT2D eigenvalue weighted by molar-refractivity contribution is 7.08. The van der Waals surface area contributed by atoms with Gasteiger partial charge >= 0.3 is 0 Å². The SMILES string of the molecule is Cc1cscc1CNC(C)c1cccc(C#N)c1. The molecule has 0 aliphatic heterocycles. The lowest BCUT2D eigenvalue weighted by molar-refractivity contribution is 0.574. The molecule has 1 N–H and O–H groups in total. The highest BCUT2D eigenvalue weighted by Crippen LogP contribution is 2.17. The molecule has 0 amide bonds. The summed E-state index contributed by atoms with van der Waals surface area (Å²) in [6.45, 7) is 5.12. The first-order chi connectivity index (χ1) is 8.70. The molecule has 0 radical (unpaired) electrons. The molecule has 1 heterocycles. The summed E-state index contributed by atoms with van der Waals surface area (Å²) in [4.78, 5) is 0. The van der Waals surface area contributed by atoms with Crippen LogP contribution >= 0.6 is 11.3 Å². The maximum atomic E-state index is 8.89. The van der Waals surface area contributed by atoms with Crippen LogP contribution in [-0.4, -0.2) is 0 Å². The van der Waals surface area contributed by atoms with E-state index in [1.165, 1.54) is 11.1 Å². The predicted octanol–water partition coefficient (Wildman–Crippen LogP) is 3.78. The molecule has 0 saturated carbocycles. The smallest absolute Gasteiger partial charge is 0.0991 e. The summed E-state index contributed by atoms with van der Waals surface area (Å²) in [5.74, 6) is 0. The van der Waals surface area contributed by atoms with Crippen molar-refractivity contribution in [3.8, 4) is 6.07 Å². The Morgan fingerprint density at radius 3 is 2.89 bits per heavy atom. The Morgan fingerprint density at radius 2 is 2.22 bits per heavy atom. The lowest BCUT2D eigenvalue weighted by atomic mass is 10.1. The number of benzene rings is 1. The Balaban J connectivity index is 2.01. The Kier molecular flexibility index (Phi) is 4.14. The second kappa shape index (κ2) is 5.81. The van der Waals surface area contributed by atoms with Gasteiger partial charge in [0.05, 0.1) is 11.6 Å². The molecule has 1 aromatic carbocycles. The first-order valence-electron chi connectivity index (χ1n) is 5.96. The second-order valence-corrected chi connectivity index (χ2v) is 5.16. The molecular weight excluding hydrogens is 240 g/mol. The lowest BCUT2D eigenvalue weighted by Gasteiger charge is -2.14. The van der Waals surface area contributed by atoms with E-state index in [0.717, 1.165) is 12.1 Å². The van der Waals surface area contributed by atoms with Crippen LogP contribution in [-0.2, 0) is 6.54 Å². The van der Waals surface area contributed by atoms with Crippen LogP contribution in [0.15, 0.2) is 35.0 Å². The van der Waals surface area contributed by atoms with E-state index in [4.69, 9.17) is 5.26 Å². The van der Waals surface area contributed by atoms with E-state index in [1.54, 1.807) is 11.3 Å². The third-order valence-corrected chi connectivity index (χ3v) is 3.99. The minimum absolute atomic E-state index is 0.248. The normalized spacial score (nSPS) is 12.1. The summed E-state index contributed by atoms with van der Waals surface area (Å²) in [6.07, 6.45) is 0. The average Bonchev–Trinajstić information content (AvgIpc) is 2.81. The Morgan fingerprint density at radius 1 is 1.39 bits per heavy atom. The molecule has 2 rings (SSSR count). The monoisotopic (exact) mass is 256 g/mol. The number of thiophene rings is 1. The van der Waals surface area contributed by atoms with Crippen molar-refractivity contribution < 1.29 is 0 Å². The Labute approximate surface area is 112 Å². The van der Waals surface area contributed by atoms with E-state index in [2.05, 4.69) is 42.1 Å². The van der Waals surface area contributed by atoms with Crippen molar-refractivity contribution in [1.29, 1.82) is 5.26 Å². The van der Waals surface area contributed by atoms with Crippen LogP contribution in [0.3, 0.4) is 0 Å². The van der Waals surface area contributed by atoms with Crippen molar-refractivity contribution in [2.45, 2.75) is 26.4 Å². The van der Waals surface area contributed by atoms with Crippen LogP contribution in [0.5, 0.6) is 0 Å². The number of nitriles is 1. The highest BCUT2D eigenvalue weighted by atomic mass is 32.1. The zero-order chi connectivity index (χ0) is 13.0. The Hall–Kier alpha value is -1.63. The van der Waals surface area contributed by atoms with E-state index >= 15 is 0 Å². The molecule has 0 aliphatic rings. The first-order valence-corrected chi connectivity index (χ1v) is 6.90. The van der Waals surface area contributed by atoms with Crippen LogP contribution in [0.25, 0.3) is 0 Å². The highest BCUT2D eigenvalue weighted by Gasteiger charge is 2.06. The molecule has 0 bridgehead atoms. The summed E-state index contributed by atoms with van der Waals surface area (Å²) >= 11 is 1.74. The number of nitrogens with zero attached hydrogens (tertiary/aromatic N) is 1. The van der Waals surface area contributed by atoms with Crippen LogP contribution < -0.4 is 5.32 Å². The Bertz CT molecular complexity index is 566. The van der Waals surface area contributed by atoms with Gasteiger partial charge in [-0.15, -0.1) is 0 Å². The van der Waals surface area contributed by atoms with Gasteiger partial charge in [0, 0.05) is 12.6 Å². The number of aryl methyl sites for hydroxylation is 1. The number of rotatable bonds is 4. The summed E-state index contributed by atoms with van der Waals surface area (Å²) < 4.78 is 0. The number of hydrogen-bond donors (Lipinski definition) is 1. The van der Waals surface area contributed by atoms with E-state index in [0.29, 0.717) is 5.56 Å². The fourth-order valence-electron chi connectivity index (χ4n) is 1.83. The van der Waals surface area contributed by atoms with Gasteiger partial charge in [-0.05, 0) is 53.4 Å². The van der Waals surface area contributed by atoms with Gasteiger partial charge in [0.25, 0.3) is 0 Å². The van der Waals surface area contributed by atoms with Gasteiger partial charge in [-0.25, -0.2) is 0 Å². The van der Waals surface area contributed by atoms with E-state index in [1.807, 2.05) is 18.2 Å². The van der Waals surface area contributed by atoms with Gasteiger partial charge in [-0.1, -0.05) is 12.1 Å². The zero-order valence-electron chi connectivity index (χ0n) is 10.6. The molecule has 1 atom stereocenters. The van der Waals surface area contributed by atoms with Crippen molar-refractivity contribution in [3.05, 3.63) is 57.3 Å². The second-order valence-electron chi connectivity index (χ2n) is 4.42. The predicted molar refractivity (Wildman–Crippen MR) is 75.5 cm³/mol. The average molecular weight is 256 g/mol. The zero-order valence-corrected chi connectivity index (χ0v) is 11.4. The maximum Gasteiger partial charge on any atom is 0.0991 e. The molecule has 1 unspecified atom stereocenters. The summed E-state index contributed by atoms with van der Waals surface area (Å²) in [5, 5.41) is 16.7. The van der Waals surface area contributed by atoms with Gasteiger partial charge in [-0.3, -0.25) is 0 Å². The number of nitrogens with one attached hydrogen (secondary N) is 1. The molecular formula is C15H16N2S. The van der Waals surface area contributed by atoms with Crippen LogP contribution in [0, 0.1) is 18.3 Å². The van der Waals surface area contributed by atoms with Crippen LogP contribution in [0.4, 0.5) is 0 Å². The largest absolute Gasteiger partial charge is 0.306 e. The number of hydrogen-bond acceptors (Lipinski definition) is 3. The molecule has 2 aromatic rings. The van der Waals surface area contributed by atoms with Crippen molar-refractivity contribution in [2.75, 3.05) is 0 Å². The van der Waals surface area contributed by atoms with E-state index < -0.39 is 0 Å². The quantitative estimate of drug-likeness (QED) is 0.903.